The van der Waals surface area contributed by atoms with E-state index in [1.54, 1.807) is 25.2 Å². The van der Waals surface area contributed by atoms with Crippen LogP contribution in [0.5, 0.6) is 0 Å². The number of hydrogen-bond donors (Lipinski definition) is 4. The number of guanidine groups is 1. The van der Waals surface area contributed by atoms with Crippen molar-refractivity contribution >= 4 is 26.9 Å². The van der Waals surface area contributed by atoms with Gasteiger partial charge in [0.05, 0.1) is 4.90 Å². The third-order valence-corrected chi connectivity index (χ3v) is 5.93. The molecular weight excluding hydrogens is 374 g/mol. The van der Waals surface area contributed by atoms with Crippen molar-refractivity contribution in [3.8, 4) is 0 Å². The summed E-state index contributed by atoms with van der Waals surface area (Å²) >= 11 is 0. The van der Waals surface area contributed by atoms with Gasteiger partial charge in [0.15, 0.2) is 5.96 Å². The molecule has 2 aromatic carbocycles. The highest BCUT2D eigenvalue weighted by Gasteiger charge is 2.11. The number of H-pyrrole nitrogens is 1. The molecule has 0 bridgehead atoms. The highest BCUT2D eigenvalue weighted by Crippen LogP contribution is 2.17. The van der Waals surface area contributed by atoms with Gasteiger partial charge in [-0.15, -0.1) is 0 Å². The number of nitrogens with zero attached hydrogens (tertiary/aromatic N) is 1. The number of aromatic amines is 1. The summed E-state index contributed by atoms with van der Waals surface area (Å²) in [6.45, 7) is 1.20. The molecule has 8 heteroatoms. The Balaban J connectivity index is 1.55. The predicted molar refractivity (Wildman–Crippen MR) is 113 cm³/mol. The van der Waals surface area contributed by atoms with E-state index in [-0.39, 0.29) is 4.90 Å². The SMILES string of the molecule is CN=C(NCCc1c[nH]c2ccccc12)NCc1cccc(S(=O)(=O)NC)c1. The lowest BCUT2D eigenvalue weighted by Crippen LogP contribution is -2.37. The second-order valence-corrected chi connectivity index (χ2v) is 8.20. The van der Waals surface area contributed by atoms with Crippen molar-refractivity contribution in [1.82, 2.24) is 20.3 Å². The summed E-state index contributed by atoms with van der Waals surface area (Å²) in [4.78, 5) is 7.76. The number of benzene rings is 2. The summed E-state index contributed by atoms with van der Waals surface area (Å²) in [6.07, 6.45) is 2.90. The number of rotatable bonds is 7. The summed E-state index contributed by atoms with van der Waals surface area (Å²) < 4.78 is 26.2. The van der Waals surface area contributed by atoms with E-state index in [2.05, 4.69) is 37.5 Å². The zero-order valence-electron chi connectivity index (χ0n) is 16.0. The van der Waals surface area contributed by atoms with Gasteiger partial charge in [-0.1, -0.05) is 30.3 Å². The summed E-state index contributed by atoms with van der Waals surface area (Å²) in [6, 6.07) is 15.1. The highest BCUT2D eigenvalue weighted by molar-refractivity contribution is 7.89. The van der Waals surface area contributed by atoms with Crippen molar-refractivity contribution in [3.05, 3.63) is 65.9 Å². The maximum Gasteiger partial charge on any atom is 0.240 e. The molecule has 3 aromatic rings. The van der Waals surface area contributed by atoms with Gasteiger partial charge < -0.3 is 15.6 Å². The molecule has 28 heavy (non-hydrogen) atoms. The van der Waals surface area contributed by atoms with Gasteiger partial charge in [0.1, 0.15) is 0 Å². The van der Waals surface area contributed by atoms with Crippen molar-refractivity contribution in [2.75, 3.05) is 20.6 Å². The van der Waals surface area contributed by atoms with Crippen LogP contribution in [0, 0.1) is 0 Å². The average Bonchev–Trinajstić information content (AvgIpc) is 3.14. The molecule has 0 aliphatic rings. The first-order chi connectivity index (χ1) is 13.5. The lowest BCUT2D eigenvalue weighted by molar-refractivity contribution is 0.588. The minimum Gasteiger partial charge on any atom is -0.361 e. The van der Waals surface area contributed by atoms with Crippen molar-refractivity contribution < 1.29 is 8.42 Å². The van der Waals surface area contributed by atoms with E-state index in [4.69, 9.17) is 0 Å². The molecule has 0 saturated carbocycles. The fourth-order valence-electron chi connectivity index (χ4n) is 3.00. The Morgan fingerprint density at radius 1 is 1.11 bits per heavy atom. The molecule has 0 aliphatic heterocycles. The zero-order valence-corrected chi connectivity index (χ0v) is 16.8. The van der Waals surface area contributed by atoms with Gasteiger partial charge >= 0.3 is 0 Å². The Morgan fingerprint density at radius 2 is 1.93 bits per heavy atom. The summed E-state index contributed by atoms with van der Waals surface area (Å²) in [5, 5.41) is 7.74. The topological polar surface area (TPSA) is 98.4 Å². The Kier molecular flexibility index (Phi) is 6.33. The van der Waals surface area contributed by atoms with Gasteiger partial charge in [0.2, 0.25) is 10.0 Å². The van der Waals surface area contributed by atoms with Gasteiger partial charge in [0, 0.05) is 37.2 Å². The molecule has 1 aromatic heterocycles. The molecule has 148 valence electrons. The van der Waals surface area contributed by atoms with Crippen molar-refractivity contribution in [2.24, 2.45) is 4.99 Å². The standard InChI is InChI=1S/C20H25N5O2S/c1-21-20(23-11-10-16-14-24-19-9-4-3-8-18(16)19)25-13-15-6-5-7-17(12-15)28(26,27)22-2/h3-9,12,14,22,24H,10-11,13H2,1-2H3,(H2,21,23,25). The van der Waals surface area contributed by atoms with Crippen LogP contribution >= 0.6 is 0 Å². The fourth-order valence-corrected chi connectivity index (χ4v) is 3.80. The summed E-state index contributed by atoms with van der Waals surface area (Å²) in [7, 11) is -0.335. The molecule has 0 unspecified atom stereocenters. The highest BCUT2D eigenvalue weighted by atomic mass is 32.2. The van der Waals surface area contributed by atoms with E-state index in [1.165, 1.54) is 18.0 Å². The number of aromatic nitrogens is 1. The summed E-state index contributed by atoms with van der Waals surface area (Å²) in [5.74, 6) is 0.668. The molecule has 0 fully saturated rings. The third kappa shape index (κ3) is 4.71. The first kappa shape index (κ1) is 19.9. The summed E-state index contributed by atoms with van der Waals surface area (Å²) in [5.41, 5.74) is 3.25. The van der Waals surface area contributed by atoms with E-state index in [0.29, 0.717) is 12.5 Å². The predicted octanol–water partition coefficient (Wildman–Crippen LogP) is 1.98. The monoisotopic (exact) mass is 399 g/mol. The molecule has 0 amide bonds. The van der Waals surface area contributed by atoms with Crippen LogP contribution in [0.1, 0.15) is 11.1 Å². The van der Waals surface area contributed by atoms with Crippen molar-refractivity contribution in [1.29, 1.82) is 0 Å². The van der Waals surface area contributed by atoms with E-state index < -0.39 is 10.0 Å². The lowest BCUT2D eigenvalue weighted by atomic mass is 10.1. The Labute approximate surface area is 165 Å². The molecule has 4 N–H and O–H groups in total. The van der Waals surface area contributed by atoms with Crippen molar-refractivity contribution in [2.45, 2.75) is 17.9 Å². The molecule has 0 atom stereocenters. The number of hydrogen-bond acceptors (Lipinski definition) is 3. The van der Waals surface area contributed by atoms with Crippen LogP contribution in [0.25, 0.3) is 10.9 Å². The van der Waals surface area contributed by atoms with Crippen LogP contribution in [-0.4, -0.2) is 40.0 Å². The number of fused-ring (bicyclic) bond motifs is 1. The molecule has 0 aliphatic carbocycles. The van der Waals surface area contributed by atoms with Crippen LogP contribution < -0.4 is 15.4 Å². The van der Waals surface area contributed by atoms with E-state index in [1.807, 2.05) is 24.4 Å². The number of nitrogens with one attached hydrogen (secondary N) is 4. The average molecular weight is 400 g/mol. The quantitative estimate of drug-likeness (QED) is 0.361. The van der Waals surface area contributed by atoms with Gasteiger partial charge in [-0.3, -0.25) is 4.99 Å². The number of aliphatic imine (C=N–C) groups is 1. The lowest BCUT2D eigenvalue weighted by Gasteiger charge is -2.12. The second kappa shape index (κ2) is 8.90. The Morgan fingerprint density at radius 3 is 2.71 bits per heavy atom. The maximum absolute atomic E-state index is 11.9. The van der Waals surface area contributed by atoms with Crippen LogP contribution in [0.2, 0.25) is 0 Å². The van der Waals surface area contributed by atoms with Crippen molar-refractivity contribution in [3.63, 3.8) is 0 Å². The van der Waals surface area contributed by atoms with Gasteiger partial charge in [0.25, 0.3) is 0 Å². The third-order valence-electron chi connectivity index (χ3n) is 4.52. The zero-order chi connectivity index (χ0) is 20.0. The molecule has 0 spiro atoms. The molecular formula is C20H25N5O2S. The normalized spacial score (nSPS) is 12.3. The van der Waals surface area contributed by atoms with Crippen LogP contribution in [0.4, 0.5) is 0 Å². The smallest absolute Gasteiger partial charge is 0.240 e. The van der Waals surface area contributed by atoms with Gasteiger partial charge in [-0.2, -0.15) is 0 Å². The number of para-hydroxylation sites is 1. The molecule has 0 radical (unpaired) electrons. The molecule has 7 nitrogen and oxygen atoms in total. The minimum atomic E-state index is -3.45. The Bertz CT molecular complexity index is 1070. The fraction of sp³-hybridized carbons (Fsp3) is 0.250. The van der Waals surface area contributed by atoms with E-state index in [0.717, 1.165) is 24.0 Å². The minimum absolute atomic E-state index is 0.247. The van der Waals surface area contributed by atoms with Crippen LogP contribution in [0.15, 0.2) is 64.6 Å². The van der Waals surface area contributed by atoms with E-state index >= 15 is 0 Å². The number of sulfonamides is 1. The first-order valence-electron chi connectivity index (χ1n) is 9.05. The molecule has 0 saturated heterocycles. The van der Waals surface area contributed by atoms with E-state index in [9.17, 15) is 8.42 Å². The van der Waals surface area contributed by atoms with Gasteiger partial charge in [-0.05, 0) is 42.8 Å². The Hall–Kier alpha value is -2.84. The maximum atomic E-state index is 11.9. The van der Waals surface area contributed by atoms with Gasteiger partial charge in [-0.25, -0.2) is 13.1 Å². The molecule has 3 rings (SSSR count). The van der Waals surface area contributed by atoms with Crippen LogP contribution in [-0.2, 0) is 23.0 Å². The second-order valence-electron chi connectivity index (χ2n) is 6.32. The van der Waals surface area contributed by atoms with Crippen LogP contribution in [0.3, 0.4) is 0 Å². The first-order valence-corrected chi connectivity index (χ1v) is 10.5. The largest absolute Gasteiger partial charge is 0.361 e. The molecule has 1 heterocycles.